The molecule has 0 saturated carbocycles. The van der Waals surface area contributed by atoms with Gasteiger partial charge in [-0.1, -0.05) is 12.1 Å². The number of carbonyl (C=O) groups is 2. The molecule has 0 aliphatic carbocycles. The van der Waals surface area contributed by atoms with Crippen LogP contribution in [0.25, 0.3) is 0 Å². The Balaban J connectivity index is 1.91. The normalized spacial score (nSPS) is 17.6. The standard InChI is InChI=1S/C13H13N3O3S/c14-5-9-1-3-10(4-2-9)6-15-13(19)16-8-20-7-11(16)12(17)18/h1-4,11H,6-8H2,(H,15,19)(H,17,18). The van der Waals surface area contributed by atoms with E-state index >= 15 is 0 Å². The molecule has 0 radical (unpaired) electrons. The zero-order valence-corrected chi connectivity index (χ0v) is 11.4. The Morgan fingerprint density at radius 1 is 1.45 bits per heavy atom. The van der Waals surface area contributed by atoms with Gasteiger partial charge in [0.1, 0.15) is 6.04 Å². The van der Waals surface area contributed by atoms with Gasteiger partial charge in [-0.25, -0.2) is 9.59 Å². The smallest absolute Gasteiger partial charge is 0.327 e. The van der Waals surface area contributed by atoms with Crippen LogP contribution < -0.4 is 5.32 Å². The predicted octanol–water partition coefficient (Wildman–Crippen LogP) is 1.23. The summed E-state index contributed by atoms with van der Waals surface area (Å²) in [5.74, 6) is -0.181. The van der Waals surface area contributed by atoms with Gasteiger partial charge in [0.2, 0.25) is 0 Å². The van der Waals surface area contributed by atoms with E-state index in [1.54, 1.807) is 24.3 Å². The maximum Gasteiger partial charge on any atom is 0.327 e. The molecule has 0 spiro atoms. The lowest BCUT2D eigenvalue weighted by molar-refractivity contribution is -0.140. The molecule has 1 heterocycles. The number of rotatable bonds is 3. The molecule has 104 valence electrons. The number of thioether (sulfide) groups is 1. The lowest BCUT2D eigenvalue weighted by Gasteiger charge is -2.20. The van der Waals surface area contributed by atoms with Crippen molar-refractivity contribution in [1.29, 1.82) is 5.26 Å². The van der Waals surface area contributed by atoms with E-state index in [4.69, 9.17) is 10.4 Å². The number of carbonyl (C=O) groups excluding carboxylic acids is 1. The molecule has 1 unspecified atom stereocenters. The molecule has 1 fully saturated rings. The van der Waals surface area contributed by atoms with E-state index in [1.807, 2.05) is 6.07 Å². The molecule has 1 aromatic carbocycles. The van der Waals surface area contributed by atoms with Crippen molar-refractivity contribution in [2.45, 2.75) is 12.6 Å². The van der Waals surface area contributed by atoms with Crippen LogP contribution in [-0.4, -0.2) is 39.7 Å². The summed E-state index contributed by atoms with van der Waals surface area (Å²) in [6.45, 7) is 0.304. The molecule has 0 aromatic heterocycles. The van der Waals surface area contributed by atoms with Crippen molar-refractivity contribution in [3.05, 3.63) is 35.4 Å². The number of nitrogens with zero attached hydrogens (tertiary/aromatic N) is 2. The van der Waals surface area contributed by atoms with Crippen LogP contribution in [0.2, 0.25) is 0 Å². The molecule has 20 heavy (non-hydrogen) atoms. The van der Waals surface area contributed by atoms with Crippen LogP contribution in [-0.2, 0) is 11.3 Å². The van der Waals surface area contributed by atoms with Gasteiger partial charge in [-0.2, -0.15) is 5.26 Å². The molecular formula is C13H13N3O3S. The Morgan fingerprint density at radius 3 is 2.75 bits per heavy atom. The summed E-state index contributed by atoms with van der Waals surface area (Å²) >= 11 is 1.42. The fraction of sp³-hybridized carbons (Fsp3) is 0.308. The second-order valence-corrected chi connectivity index (χ2v) is 5.29. The monoisotopic (exact) mass is 291 g/mol. The molecule has 1 aliphatic heterocycles. The summed E-state index contributed by atoms with van der Waals surface area (Å²) in [5.41, 5.74) is 1.41. The van der Waals surface area contributed by atoms with Crippen molar-refractivity contribution < 1.29 is 14.7 Å². The zero-order chi connectivity index (χ0) is 14.5. The number of carboxylic acids is 1. The fourth-order valence-corrected chi connectivity index (χ4v) is 2.97. The average Bonchev–Trinajstić information content (AvgIpc) is 2.95. The lowest BCUT2D eigenvalue weighted by Crippen LogP contribution is -2.46. The largest absolute Gasteiger partial charge is 0.480 e. The maximum atomic E-state index is 11.9. The first-order valence-corrected chi connectivity index (χ1v) is 7.11. The molecule has 2 amide bonds. The number of amides is 2. The highest BCUT2D eigenvalue weighted by Gasteiger charge is 2.34. The van der Waals surface area contributed by atoms with Crippen molar-refractivity contribution in [2.24, 2.45) is 0 Å². The molecule has 7 heteroatoms. The number of nitrogens with one attached hydrogen (secondary N) is 1. The first kappa shape index (κ1) is 14.2. The van der Waals surface area contributed by atoms with E-state index in [0.717, 1.165) is 5.56 Å². The number of nitriles is 1. The van der Waals surface area contributed by atoms with Crippen LogP contribution >= 0.6 is 11.8 Å². The van der Waals surface area contributed by atoms with Crippen molar-refractivity contribution in [1.82, 2.24) is 10.2 Å². The predicted molar refractivity (Wildman–Crippen MR) is 74.0 cm³/mol. The highest BCUT2D eigenvalue weighted by atomic mass is 32.2. The molecule has 1 saturated heterocycles. The number of carboxylic acid groups (broad SMARTS) is 1. The van der Waals surface area contributed by atoms with Gasteiger partial charge < -0.3 is 15.3 Å². The molecule has 2 N–H and O–H groups in total. The molecule has 0 bridgehead atoms. The zero-order valence-electron chi connectivity index (χ0n) is 10.6. The Hall–Kier alpha value is -2.20. The number of hydrogen-bond acceptors (Lipinski definition) is 4. The summed E-state index contributed by atoms with van der Waals surface area (Å²) in [6.07, 6.45) is 0. The Bertz CT molecular complexity index is 553. The van der Waals surface area contributed by atoms with Gasteiger partial charge in [-0.05, 0) is 17.7 Å². The molecule has 1 aromatic rings. The summed E-state index contributed by atoms with van der Waals surface area (Å²) in [4.78, 5) is 24.3. The van der Waals surface area contributed by atoms with E-state index in [1.165, 1.54) is 16.7 Å². The summed E-state index contributed by atoms with van der Waals surface area (Å²) in [5, 5.41) is 20.4. The molecule has 6 nitrogen and oxygen atoms in total. The minimum Gasteiger partial charge on any atom is -0.480 e. The second kappa shape index (κ2) is 6.30. The number of aliphatic carboxylic acids is 1. The molecule has 2 rings (SSSR count). The minimum atomic E-state index is -0.983. The summed E-state index contributed by atoms with van der Waals surface area (Å²) in [6, 6.07) is 7.73. The van der Waals surface area contributed by atoms with Crippen molar-refractivity contribution in [3.8, 4) is 6.07 Å². The first-order chi connectivity index (χ1) is 9.61. The van der Waals surface area contributed by atoms with Crippen molar-refractivity contribution in [3.63, 3.8) is 0 Å². The highest BCUT2D eigenvalue weighted by molar-refractivity contribution is 7.99. The Labute approximate surface area is 120 Å². The Kier molecular flexibility index (Phi) is 4.48. The quantitative estimate of drug-likeness (QED) is 0.873. The van der Waals surface area contributed by atoms with Crippen LogP contribution in [0.4, 0.5) is 4.79 Å². The van der Waals surface area contributed by atoms with E-state index in [2.05, 4.69) is 5.32 Å². The van der Waals surface area contributed by atoms with Crippen LogP contribution in [0, 0.1) is 11.3 Å². The number of hydrogen-bond donors (Lipinski definition) is 2. The lowest BCUT2D eigenvalue weighted by atomic mass is 10.1. The minimum absolute atomic E-state index is 0.304. The van der Waals surface area contributed by atoms with Crippen LogP contribution in [0.5, 0.6) is 0 Å². The number of benzene rings is 1. The van der Waals surface area contributed by atoms with E-state index < -0.39 is 12.0 Å². The van der Waals surface area contributed by atoms with E-state index in [9.17, 15) is 9.59 Å². The third kappa shape index (κ3) is 3.22. The van der Waals surface area contributed by atoms with Gasteiger partial charge in [0.15, 0.2) is 0 Å². The maximum absolute atomic E-state index is 11.9. The molecular weight excluding hydrogens is 278 g/mol. The van der Waals surface area contributed by atoms with E-state index in [-0.39, 0.29) is 6.03 Å². The fourth-order valence-electron chi connectivity index (χ4n) is 1.82. The molecule has 1 atom stereocenters. The average molecular weight is 291 g/mol. The first-order valence-electron chi connectivity index (χ1n) is 5.96. The van der Waals surface area contributed by atoms with Gasteiger partial charge in [-0.3, -0.25) is 0 Å². The van der Waals surface area contributed by atoms with Gasteiger partial charge in [0.25, 0.3) is 0 Å². The SMILES string of the molecule is N#Cc1ccc(CNC(=O)N2CSCC2C(=O)O)cc1. The summed E-state index contributed by atoms with van der Waals surface area (Å²) < 4.78 is 0. The second-order valence-electron chi connectivity index (χ2n) is 4.29. The van der Waals surface area contributed by atoms with E-state index in [0.29, 0.717) is 23.7 Å². The third-order valence-corrected chi connectivity index (χ3v) is 3.97. The van der Waals surface area contributed by atoms with Crippen LogP contribution in [0.3, 0.4) is 0 Å². The van der Waals surface area contributed by atoms with Crippen molar-refractivity contribution >= 4 is 23.8 Å². The topological polar surface area (TPSA) is 93.4 Å². The van der Waals surface area contributed by atoms with Gasteiger partial charge in [0.05, 0.1) is 17.5 Å². The summed E-state index contributed by atoms with van der Waals surface area (Å²) in [7, 11) is 0. The number of urea groups is 1. The van der Waals surface area contributed by atoms with Gasteiger partial charge >= 0.3 is 12.0 Å². The Morgan fingerprint density at radius 2 is 2.15 bits per heavy atom. The van der Waals surface area contributed by atoms with Gasteiger partial charge in [-0.15, -0.1) is 11.8 Å². The third-order valence-electron chi connectivity index (χ3n) is 2.96. The van der Waals surface area contributed by atoms with Crippen LogP contribution in [0.15, 0.2) is 24.3 Å². The van der Waals surface area contributed by atoms with Crippen LogP contribution in [0.1, 0.15) is 11.1 Å². The van der Waals surface area contributed by atoms with Gasteiger partial charge in [0, 0.05) is 12.3 Å². The molecule has 1 aliphatic rings. The highest BCUT2D eigenvalue weighted by Crippen LogP contribution is 2.20. The van der Waals surface area contributed by atoms with Crippen molar-refractivity contribution in [2.75, 3.05) is 11.6 Å².